The molecule has 4 rings (SSSR count). The maximum atomic E-state index is 13.7. The predicted molar refractivity (Wildman–Crippen MR) is 105 cm³/mol. The van der Waals surface area contributed by atoms with Crippen LogP contribution >= 0.6 is 11.3 Å². The van der Waals surface area contributed by atoms with E-state index >= 15 is 0 Å². The van der Waals surface area contributed by atoms with Gasteiger partial charge in [0, 0.05) is 22.7 Å². The van der Waals surface area contributed by atoms with Crippen LogP contribution < -0.4 is 0 Å². The molecule has 0 aliphatic carbocycles. The first-order valence-corrected chi connectivity index (χ1v) is 9.47. The van der Waals surface area contributed by atoms with E-state index in [0.29, 0.717) is 11.3 Å². The number of ether oxygens (including phenoxy) is 1. The van der Waals surface area contributed by atoms with Crippen LogP contribution in [0.3, 0.4) is 0 Å². The molecule has 28 heavy (non-hydrogen) atoms. The molecule has 2 aromatic heterocycles. The molecule has 2 heterocycles. The summed E-state index contributed by atoms with van der Waals surface area (Å²) in [6.45, 7) is 0. The third kappa shape index (κ3) is 3.97. The lowest BCUT2D eigenvalue weighted by Crippen LogP contribution is -2.14. The Kier molecular flexibility index (Phi) is 5.21. The Hall–Kier alpha value is -3.38. The van der Waals surface area contributed by atoms with Crippen molar-refractivity contribution in [3.63, 3.8) is 0 Å². The smallest absolute Gasteiger partial charge is 0.358 e. The predicted octanol–water partition coefficient (Wildman–Crippen LogP) is 5.29. The standard InChI is InChI=1S/C22H15FN2O2S/c23-17-10-6-9-16(13-17)20(18-11-4-5-12-24-18)27-22(26)19-14-28-21(25-19)15-7-2-1-3-8-15/h1-14,20H. The first kappa shape index (κ1) is 18.0. The molecule has 138 valence electrons. The molecule has 0 aliphatic heterocycles. The number of pyridine rings is 1. The molecule has 0 saturated carbocycles. The molecule has 0 aliphatic rings. The third-order valence-electron chi connectivity index (χ3n) is 4.07. The number of halogens is 1. The molecule has 4 nitrogen and oxygen atoms in total. The molecule has 2 aromatic carbocycles. The van der Waals surface area contributed by atoms with Crippen molar-refractivity contribution in [2.75, 3.05) is 0 Å². The van der Waals surface area contributed by atoms with Crippen LogP contribution in [0.25, 0.3) is 10.6 Å². The fourth-order valence-electron chi connectivity index (χ4n) is 2.75. The summed E-state index contributed by atoms with van der Waals surface area (Å²) in [7, 11) is 0. The van der Waals surface area contributed by atoms with Crippen molar-refractivity contribution in [1.82, 2.24) is 9.97 Å². The number of benzene rings is 2. The topological polar surface area (TPSA) is 52.1 Å². The monoisotopic (exact) mass is 390 g/mol. The zero-order valence-electron chi connectivity index (χ0n) is 14.7. The molecule has 1 atom stereocenters. The minimum Gasteiger partial charge on any atom is -0.446 e. The summed E-state index contributed by atoms with van der Waals surface area (Å²) in [5.41, 5.74) is 2.16. The van der Waals surface area contributed by atoms with Gasteiger partial charge in [-0.1, -0.05) is 48.5 Å². The Labute approximate surface area is 165 Å². The van der Waals surface area contributed by atoms with E-state index in [4.69, 9.17) is 4.74 Å². The second-order valence-corrected chi connectivity index (χ2v) is 6.86. The summed E-state index contributed by atoms with van der Waals surface area (Å²) in [4.78, 5) is 21.4. The van der Waals surface area contributed by atoms with Gasteiger partial charge in [0.15, 0.2) is 11.8 Å². The fraction of sp³-hybridized carbons (Fsp3) is 0.0455. The summed E-state index contributed by atoms with van der Waals surface area (Å²) in [5.74, 6) is -0.993. The highest BCUT2D eigenvalue weighted by molar-refractivity contribution is 7.13. The molecule has 0 radical (unpaired) electrons. The Bertz CT molecular complexity index is 1080. The Morgan fingerprint density at radius 1 is 1.00 bits per heavy atom. The van der Waals surface area contributed by atoms with Gasteiger partial charge in [0.2, 0.25) is 0 Å². The largest absolute Gasteiger partial charge is 0.446 e. The second-order valence-electron chi connectivity index (χ2n) is 6.00. The molecule has 0 N–H and O–H groups in total. The van der Waals surface area contributed by atoms with Gasteiger partial charge in [-0.05, 0) is 24.3 Å². The van der Waals surface area contributed by atoms with Gasteiger partial charge >= 0.3 is 5.97 Å². The van der Waals surface area contributed by atoms with E-state index in [1.165, 1.54) is 23.5 Å². The van der Waals surface area contributed by atoms with Crippen LogP contribution in [0.1, 0.15) is 27.8 Å². The molecule has 0 bridgehead atoms. The number of hydrogen-bond donors (Lipinski definition) is 0. The normalized spacial score (nSPS) is 11.8. The number of nitrogens with zero attached hydrogens (tertiary/aromatic N) is 2. The van der Waals surface area contributed by atoms with E-state index in [1.54, 1.807) is 41.9 Å². The van der Waals surface area contributed by atoms with Crippen LogP contribution in [0.2, 0.25) is 0 Å². The van der Waals surface area contributed by atoms with Crippen molar-refractivity contribution >= 4 is 17.3 Å². The average molecular weight is 390 g/mol. The van der Waals surface area contributed by atoms with Crippen molar-refractivity contribution in [3.05, 3.63) is 107 Å². The van der Waals surface area contributed by atoms with E-state index < -0.39 is 17.9 Å². The number of carbonyl (C=O) groups excluding carboxylic acids is 1. The number of rotatable bonds is 5. The van der Waals surface area contributed by atoms with Crippen LogP contribution in [0.15, 0.2) is 84.4 Å². The molecule has 0 fully saturated rings. The van der Waals surface area contributed by atoms with Gasteiger partial charge in [-0.3, -0.25) is 4.98 Å². The van der Waals surface area contributed by atoms with Crippen molar-refractivity contribution in [3.8, 4) is 10.6 Å². The molecular formula is C22H15FN2O2S. The zero-order valence-corrected chi connectivity index (χ0v) is 15.5. The SMILES string of the molecule is O=C(OC(c1cccc(F)c1)c1ccccn1)c1csc(-c2ccccc2)n1. The number of aromatic nitrogens is 2. The van der Waals surface area contributed by atoms with Crippen molar-refractivity contribution in [1.29, 1.82) is 0 Å². The second kappa shape index (κ2) is 8.10. The number of hydrogen-bond acceptors (Lipinski definition) is 5. The summed E-state index contributed by atoms with van der Waals surface area (Å²) >= 11 is 1.36. The minimum atomic E-state index is -0.828. The quantitative estimate of drug-likeness (QED) is 0.435. The molecule has 1 unspecified atom stereocenters. The Morgan fingerprint density at radius 3 is 2.57 bits per heavy atom. The highest BCUT2D eigenvalue weighted by Crippen LogP contribution is 2.28. The maximum absolute atomic E-state index is 13.7. The molecule has 6 heteroatoms. The highest BCUT2D eigenvalue weighted by atomic mass is 32.1. The van der Waals surface area contributed by atoms with Gasteiger partial charge < -0.3 is 4.74 Å². The third-order valence-corrected chi connectivity index (χ3v) is 4.96. The van der Waals surface area contributed by atoms with Crippen molar-refractivity contribution in [2.45, 2.75) is 6.10 Å². The lowest BCUT2D eigenvalue weighted by molar-refractivity contribution is 0.0364. The van der Waals surface area contributed by atoms with E-state index in [-0.39, 0.29) is 5.69 Å². The Morgan fingerprint density at radius 2 is 1.82 bits per heavy atom. The summed E-state index contributed by atoms with van der Waals surface area (Å²) in [5, 5.41) is 2.39. The van der Waals surface area contributed by atoms with E-state index in [1.807, 2.05) is 30.3 Å². The molecule has 0 saturated heterocycles. The van der Waals surface area contributed by atoms with Crippen molar-refractivity contribution in [2.24, 2.45) is 0 Å². The van der Waals surface area contributed by atoms with E-state index in [2.05, 4.69) is 9.97 Å². The summed E-state index contributed by atoms with van der Waals surface area (Å²) in [6, 6.07) is 20.8. The van der Waals surface area contributed by atoms with Crippen LogP contribution in [0, 0.1) is 5.82 Å². The maximum Gasteiger partial charge on any atom is 0.358 e. The minimum absolute atomic E-state index is 0.209. The highest BCUT2D eigenvalue weighted by Gasteiger charge is 2.23. The lowest BCUT2D eigenvalue weighted by atomic mass is 10.1. The number of carbonyl (C=O) groups is 1. The van der Waals surface area contributed by atoms with Gasteiger partial charge in [0.05, 0.1) is 5.69 Å². The number of esters is 1. The van der Waals surface area contributed by atoms with Crippen LogP contribution in [0.4, 0.5) is 4.39 Å². The first-order chi connectivity index (χ1) is 13.7. The Balaban J connectivity index is 1.62. The number of thiazole rings is 1. The fourth-order valence-corrected chi connectivity index (χ4v) is 3.54. The van der Waals surface area contributed by atoms with Crippen LogP contribution in [0.5, 0.6) is 0 Å². The van der Waals surface area contributed by atoms with Crippen LogP contribution in [-0.2, 0) is 4.74 Å². The molecular weight excluding hydrogens is 375 g/mol. The van der Waals surface area contributed by atoms with Gasteiger partial charge in [0.25, 0.3) is 0 Å². The van der Waals surface area contributed by atoms with Gasteiger partial charge in [-0.25, -0.2) is 14.2 Å². The van der Waals surface area contributed by atoms with Gasteiger partial charge in [-0.15, -0.1) is 11.3 Å². The van der Waals surface area contributed by atoms with Gasteiger partial charge in [0.1, 0.15) is 10.8 Å². The van der Waals surface area contributed by atoms with E-state index in [9.17, 15) is 9.18 Å². The average Bonchev–Trinajstić information content (AvgIpc) is 3.24. The van der Waals surface area contributed by atoms with E-state index in [0.717, 1.165) is 10.6 Å². The zero-order chi connectivity index (χ0) is 19.3. The molecule has 0 spiro atoms. The van der Waals surface area contributed by atoms with Crippen LogP contribution in [-0.4, -0.2) is 15.9 Å². The summed E-state index contributed by atoms with van der Waals surface area (Å²) < 4.78 is 19.4. The lowest BCUT2D eigenvalue weighted by Gasteiger charge is -2.17. The van der Waals surface area contributed by atoms with Crippen molar-refractivity contribution < 1.29 is 13.9 Å². The van der Waals surface area contributed by atoms with Gasteiger partial charge in [-0.2, -0.15) is 0 Å². The summed E-state index contributed by atoms with van der Waals surface area (Å²) in [6.07, 6.45) is 0.775. The molecule has 4 aromatic rings. The molecule has 0 amide bonds. The first-order valence-electron chi connectivity index (χ1n) is 8.59.